The molecule has 0 bridgehead atoms. The fraction of sp³-hybridized carbons (Fsp3) is 0.833. The maximum atomic E-state index is 11.6. The summed E-state index contributed by atoms with van der Waals surface area (Å²) in [4.78, 5) is 22.1. The van der Waals surface area contributed by atoms with Gasteiger partial charge in [0.15, 0.2) is 0 Å². The van der Waals surface area contributed by atoms with Crippen LogP contribution < -0.4 is 0 Å². The smallest absolute Gasteiger partial charge is 0.306 e. The maximum absolute atomic E-state index is 11.6. The Balaban J connectivity index is 3.87. The second-order valence-corrected chi connectivity index (χ2v) is 7.77. The molecule has 1 unspecified atom stereocenters. The summed E-state index contributed by atoms with van der Waals surface area (Å²) < 4.78 is 5.55. The third-order valence-electron chi connectivity index (χ3n) is 5.03. The SMILES string of the molecule is CCCCCCCCC/C=C\C(CCCCCCCCC(=O)O)OC(=O)CC. The van der Waals surface area contributed by atoms with Gasteiger partial charge in [0, 0.05) is 12.8 Å². The highest BCUT2D eigenvalue weighted by Gasteiger charge is 2.09. The van der Waals surface area contributed by atoms with Gasteiger partial charge in [-0.05, 0) is 38.2 Å². The molecule has 0 amide bonds. The first-order valence-electron chi connectivity index (χ1n) is 11.7. The van der Waals surface area contributed by atoms with Crippen molar-refractivity contribution in [1.82, 2.24) is 0 Å². The summed E-state index contributed by atoms with van der Waals surface area (Å²) in [6, 6.07) is 0. The van der Waals surface area contributed by atoms with Gasteiger partial charge in [-0.25, -0.2) is 0 Å². The van der Waals surface area contributed by atoms with Crippen molar-refractivity contribution >= 4 is 11.9 Å². The predicted molar refractivity (Wildman–Crippen MR) is 116 cm³/mol. The third kappa shape index (κ3) is 19.4. The summed E-state index contributed by atoms with van der Waals surface area (Å²) >= 11 is 0. The quantitative estimate of drug-likeness (QED) is 0.134. The van der Waals surface area contributed by atoms with Gasteiger partial charge >= 0.3 is 11.9 Å². The fourth-order valence-electron chi connectivity index (χ4n) is 3.24. The lowest BCUT2D eigenvalue weighted by molar-refractivity contribution is -0.146. The van der Waals surface area contributed by atoms with Crippen molar-refractivity contribution in [3.63, 3.8) is 0 Å². The molecule has 0 aromatic carbocycles. The second-order valence-electron chi connectivity index (χ2n) is 7.77. The molecule has 0 aromatic rings. The Hall–Kier alpha value is -1.32. The molecule has 0 fully saturated rings. The van der Waals surface area contributed by atoms with E-state index in [1.165, 1.54) is 44.9 Å². The van der Waals surface area contributed by atoms with Gasteiger partial charge in [0.2, 0.25) is 0 Å². The zero-order valence-electron chi connectivity index (χ0n) is 18.4. The number of allylic oxidation sites excluding steroid dienone is 1. The van der Waals surface area contributed by atoms with Crippen LogP contribution in [-0.2, 0) is 14.3 Å². The van der Waals surface area contributed by atoms with Crippen molar-refractivity contribution in [3.8, 4) is 0 Å². The number of hydrogen-bond acceptors (Lipinski definition) is 3. The number of carboxylic acids is 1. The largest absolute Gasteiger partial charge is 0.481 e. The second kappa shape index (κ2) is 20.4. The molecular weight excluding hydrogens is 352 g/mol. The molecule has 0 saturated carbocycles. The molecule has 0 heterocycles. The topological polar surface area (TPSA) is 63.6 Å². The van der Waals surface area contributed by atoms with Gasteiger partial charge in [-0.1, -0.05) is 84.1 Å². The van der Waals surface area contributed by atoms with E-state index in [4.69, 9.17) is 9.84 Å². The lowest BCUT2D eigenvalue weighted by atomic mass is 10.0. The van der Waals surface area contributed by atoms with Crippen molar-refractivity contribution in [3.05, 3.63) is 12.2 Å². The third-order valence-corrected chi connectivity index (χ3v) is 5.03. The Kier molecular flexibility index (Phi) is 19.5. The minimum absolute atomic E-state index is 0.0935. The van der Waals surface area contributed by atoms with Crippen LogP contribution in [-0.4, -0.2) is 23.1 Å². The van der Waals surface area contributed by atoms with E-state index in [0.29, 0.717) is 6.42 Å². The Morgan fingerprint density at radius 1 is 0.821 bits per heavy atom. The van der Waals surface area contributed by atoms with Crippen molar-refractivity contribution in [2.45, 2.75) is 129 Å². The summed E-state index contributed by atoms with van der Waals surface area (Å²) in [5.41, 5.74) is 0. The van der Waals surface area contributed by atoms with Crippen LogP contribution in [0.3, 0.4) is 0 Å². The zero-order chi connectivity index (χ0) is 20.9. The molecule has 0 rings (SSSR count). The van der Waals surface area contributed by atoms with E-state index in [0.717, 1.165) is 51.4 Å². The van der Waals surface area contributed by atoms with Crippen LogP contribution in [0.2, 0.25) is 0 Å². The summed E-state index contributed by atoms with van der Waals surface area (Å²) in [5.74, 6) is -0.830. The molecule has 0 spiro atoms. The summed E-state index contributed by atoms with van der Waals surface area (Å²) in [7, 11) is 0. The lowest BCUT2D eigenvalue weighted by Crippen LogP contribution is -2.15. The first-order chi connectivity index (χ1) is 13.6. The number of hydrogen-bond donors (Lipinski definition) is 1. The molecule has 0 aromatic heterocycles. The molecule has 0 aliphatic heterocycles. The Labute approximate surface area is 173 Å². The molecule has 164 valence electrons. The average Bonchev–Trinajstić information content (AvgIpc) is 2.67. The van der Waals surface area contributed by atoms with Crippen LogP contribution in [0.4, 0.5) is 0 Å². The maximum Gasteiger partial charge on any atom is 0.306 e. The Morgan fingerprint density at radius 3 is 2.00 bits per heavy atom. The number of rotatable bonds is 20. The number of carbonyl (C=O) groups excluding carboxylic acids is 1. The van der Waals surface area contributed by atoms with Crippen molar-refractivity contribution in [2.24, 2.45) is 0 Å². The number of ether oxygens (including phenoxy) is 1. The summed E-state index contributed by atoms with van der Waals surface area (Å²) in [5, 5.41) is 8.62. The highest BCUT2D eigenvalue weighted by Crippen LogP contribution is 2.14. The number of unbranched alkanes of at least 4 members (excludes halogenated alkanes) is 12. The van der Waals surface area contributed by atoms with E-state index < -0.39 is 5.97 Å². The first-order valence-corrected chi connectivity index (χ1v) is 11.7. The monoisotopic (exact) mass is 396 g/mol. The first kappa shape index (κ1) is 26.7. The van der Waals surface area contributed by atoms with Gasteiger partial charge in [0.25, 0.3) is 0 Å². The highest BCUT2D eigenvalue weighted by molar-refractivity contribution is 5.69. The number of esters is 1. The van der Waals surface area contributed by atoms with Gasteiger partial charge in [0.05, 0.1) is 0 Å². The van der Waals surface area contributed by atoms with Gasteiger partial charge < -0.3 is 9.84 Å². The van der Waals surface area contributed by atoms with Crippen LogP contribution in [0.15, 0.2) is 12.2 Å². The highest BCUT2D eigenvalue weighted by atomic mass is 16.5. The number of carbonyl (C=O) groups is 2. The van der Waals surface area contributed by atoms with Crippen molar-refractivity contribution in [2.75, 3.05) is 0 Å². The van der Waals surface area contributed by atoms with E-state index in [-0.39, 0.29) is 18.5 Å². The molecule has 4 heteroatoms. The average molecular weight is 397 g/mol. The van der Waals surface area contributed by atoms with E-state index in [9.17, 15) is 9.59 Å². The zero-order valence-corrected chi connectivity index (χ0v) is 18.4. The van der Waals surface area contributed by atoms with Gasteiger partial charge in [-0.3, -0.25) is 9.59 Å². The van der Waals surface area contributed by atoms with E-state index in [1.54, 1.807) is 0 Å². The fourth-order valence-corrected chi connectivity index (χ4v) is 3.24. The molecule has 1 N–H and O–H groups in total. The van der Waals surface area contributed by atoms with Crippen LogP contribution in [0.1, 0.15) is 123 Å². The Bertz CT molecular complexity index is 403. The molecule has 0 aliphatic carbocycles. The minimum atomic E-state index is -0.705. The van der Waals surface area contributed by atoms with E-state index >= 15 is 0 Å². The van der Waals surface area contributed by atoms with Gasteiger partial charge in [-0.15, -0.1) is 0 Å². The lowest BCUT2D eigenvalue weighted by Gasteiger charge is -2.14. The molecule has 4 nitrogen and oxygen atoms in total. The van der Waals surface area contributed by atoms with Crippen LogP contribution in [0.5, 0.6) is 0 Å². The summed E-state index contributed by atoms with van der Waals surface area (Å²) in [6.07, 6.45) is 22.1. The molecule has 0 saturated heterocycles. The van der Waals surface area contributed by atoms with Crippen molar-refractivity contribution < 1.29 is 19.4 Å². The summed E-state index contributed by atoms with van der Waals surface area (Å²) in [6.45, 7) is 4.08. The van der Waals surface area contributed by atoms with Crippen molar-refractivity contribution in [1.29, 1.82) is 0 Å². The number of carboxylic acid groups (broad SMARTS) is 1. The number of aliphatic carboxylic acids is 1. The molecule has 0 aliphatic rings. The predicted octanol–water partition coefficient (Wildman–Crippen LogP) is 7.21. The van der Waals surface area contributed by atoms with Crippen LogP contribution in [0.25, 0.3) is 0 Å². The molecular formula is C24H44O4. The van der Waals surface area contributed by atoms with Crippen LogP contribution >= 0.6 is 0 Å². The van der Waals surface area contributed by atoms with Gasteiger partial charge in [0.1, 0.15) is 6.10 Å². The molecule has 0 radical (unpaired) electrons. The van der Waals surface area contributed by atoms with E-state index in [2.05, 4.69) is 19.1 Å². The minimum Gasteiger partial charge on any atom is -0.481 e. The normalized spacial score (nSPS) is 12.4. The molecule has 1 atom stereocenters. The standard InChI is InChI=1S/C24H44O4/c1-3-5-6-7-8-9-10-13-16-19-22(28-24(27)4-2)20-17-14-11-12-15-18-21-23(25)26/h16,19,22H,3-15,17-18,20-21H2,1-2H3,(H,25,26)/b19-16-. The van der Waals surface area contributed by atoms with Crippen LogP contribution in [0, 0.1) is 0 Å². The Morgan fingerprint density at radius 2 is 1.39 bits per heavy atom. The van der Waals surface area contributed by atoms with E-state index in [1.807, 2.05) is 6.92 Å². The van der Waals surface area contributed by atoms with Gasteiger partial charge in [-0.2, -0.15) is 0 Å². The molecule has 28 heavy (non-hydrogen) atoms.